The van der Waals surface area contributed by atoms with Gasteiger partial charge in [0.1, 0.15) is 11.6 Å². The fourth-order valence-electron chi connectivity index (χ4n) is 2.25. The lowest BCUT2D eigenvalue weighted by Gasteiger charge is -2.28. The molecule has 0 spiro atoms. The highest BCUT2D eigenvalue weighted by Gasteiger charge is 2.57. The minimum Gasteiger partial charge on any atom is -0.480 e. The van der Waals surface area contributed by atoms with E-state index in [2.05, 4.69) is 0 Å². The van der Waals surface area contributed by atoms with Crippen molar-refractivity contribution in [3.05, 3.63) is 0 Å². The largest absolute Gasteiger partial charge is 0.480 e. The van der Waals surface area contributed by atoms with Gasteiger partial charge in [0.15, 0.2) is 0 Å². The maximum absolute atomic E-state index is 11.9. The molecule has 1 aliphatic carbocycles. The van der Waals surface area contributed by atoms with Crippen LogP contribution in [0.1, 0.15) is 33.6 Å². The Morgan fingerprint density at radius 3 is 2.44 bits per heavy atom. The van der Waals surface area contributed by atoms with E-state index >= 15 is 0 Å². The molecule has 0 aromatic heterocycles. The van der Waals surface area contributed by atoms with E-state index in [1.807, 2.05) is 0 Å². The molecule has 0 aromatic carbocycles. The number of fused-ring (bicyclic) bond motifs is 1. The standard InChI is InChI=1S/C11H17NO4/c1-11(2,3)16-10(15)12-7-4-6(7)5-8(12)9(13)14/h6-8H,4-5H2,1-3H3,(H,13,14)/t6-,7?,8?/m1/s1. The van der Waals surface area contributed by atoms with Crippen molar-refractivity contribution < 1.29 is 19.4 Å². The molecule has 1 saturated carbocycles. The SMILES string of the molecule is CC(C)(C)OC(=O)N1C(C(=O)O)C[C@H]2CC21. The van der Waals surface area contributed by atoms with Crippen LogP contribution in [0.5, 0.6) is 0 Å². The number of carbonyl (C=O) groups excluding carboxylic acids is 1. The fourth-order valence-corrected chi connectivity index (χ4v) is 2.25. The molecule has 0 aromatic rings. The molecule has 1 aliphatic heterocycles. The van der Waals surface area contributed by atoms with E-state index in [0.29, 0.717) is 12.3 Å². The second-order valence-corrected chi connectivity index (χ2v) is 5.54. The van der Waals surface area contributed by atoms with Gasteiger partial charge in [-0.15, -0.1) is 0 Å². The summed E-state index contributed by atoms with van der Waals surface area (Å²) in [6.45, 7) is 5.34. The lowest BCUT2D eigenvalue weighted by molar-refractivity contribution is -0.142. The smallest absolute Gasteiger partial charge is 0.411 e. The zero-order chi connectivity index (χ0) is 12.1. The van der Waals surface area contributed by atoms with Crippen LogP contribution in [0.2, 0.25) is 0 Å². The van der Waals surface area contributed by atoms with Crippen molar-refractivity contribution in [3.8, 4) is 0 Å². The molecular formula is C11H17NO4. The van der Waals surface area contributed by atoms with E-state index in [1.54, 1.807) is 20.8 Å². The minimum absolute atomic E-state index is 0.0935. The van der Waals surface area contributed by atoms with Crippen LogP contribution in [0.15, 0.2) is 0 Å². The van der Waals surface area contributed by atoms with Gasteiger partial charge in [0, 0.05) is 6.04 Å². The van der Waals surface area contributed by atoms with Gasteiger partial charge in [-0.1, -0.05) is 0 Å². The molecule has 5 nitrogen and oxygen atoms in total. The minimum atomic E-state index is -0.932. The van der Waals surface area contributed by atoms with Crippen molar-refractivity contribution in [2.24, 2.45) is 5.92 Å². The molecule has 2 unspecified atom stereocenters. The van der Waals surface area contributed by atoms with Gasteiger partial charge in [-0.25, -0.2) is 9.59 Å². The monoisotopic (exact) mass is 227 g/mol. The summed E-state index contributed by atoms with van der Waals surface area (Å²) in [4.78, 5) is 24.3. The van der Waals surface area contributed by atoms with Crippen LogP contribution in [0.4, 0.5) is 4.79 Å². The summed E-state index contributed by atoms with van der Waals surface area (Å²) < 4.78 is 5.22. The Morgan fingerprint density at radius 2 is 1.94 bits per heavy atom. The van der Waals surface area contributed by atoms with Crippen LogP contribution in [0.3, 0.4) is 0 Å². The molecule has 2 fully saturated rings. The van der Waals surface area contributed by atoms with Gasteiger partial charge in [0.05, 0.1) is 0 Å². The summed E-state index contributed by atoms with van der Waals surface area (Å²) >= 11 is 0. The number of piperidine rings is 1. The zero-order valence-electron chi connectivity index (χ0n) is 9.77. The normalized spacial score (nSPS) is 32.2. The number of likely N-dealkylation sites (tertiary alicyclic amines) is 1. The van der Waals surface area contributed by atoms with Gasteiger partial charge in [0.2, 0.25) is 0 Å². The van der Waals surface area contributed by atoms with Crippen molar-refractivity contribution >= 4 is 12.1 Å². The number of hydrogen-bond donors (Lipinski definition) is 1. The van der Waals surface area contributed by atoms with Gasteiger partial charge >= 0.3 is 12.1 Å². The first-order valence-corrected chi connectivity index (χ1v) is 5.54. The molecule has 0 radical (unpaired) electrons. The van der Waals surface area contributed by atoms with E-state index in [-0.39, 0.29) is 6.04 Å². The predicted molar refractivity (Wildman–Crippen MR) is 56.0 cm³/mol. The lowest BCUT2D eigenvalue weighted by atomic mass is 10.2. The summed E-state index contributed by atoms with van der Waals surface area (Å²) in [7, 11) is 0. The average Bonchev–Trinajstić information content (AvgIpc) is 2.73. The Kier molecular flexibility index (Phi) is 2.36. The Bertz CT molecular complexity index is 333. The second-order valence-electron chi connectivity index (χ2n) is 5.54. The number of amides is 1. The van der Waals surface area contributed by atoms with Crippen molar-refractivity contribution in [1.82, 2.24) is 4.90 Å². The number of rotatable bonds is 1. The third kappa shape index (κ3) is 1.99. The molecule has 1 saturated heterocycles. The van der Waals surface area contributed by atoms with Gasteiger partial charge < -0.3 is 9.84 Å². The topological polar surface area (TPSA) is 66.8 Å². The molecule has 2 rings (SSSR count). The summed E-state index contributed by atoms with van der Waals surface area (Å²) in [6.07, 6.45) is 0.993. The molecule has 1 heterocycles. The van der Waals surface area contributed by atoms with Crippen molar-refractivity contribution in [2.45, 2.75) is 51.3 Å². The van der Waals surface area contributed by atoms with Gasteiger partial charge in [0.25, 0.3) is 0 Å². The molecule has 3 atom stereocenters. The van der Waals surface area contributed by atoms with Crippen LogP contribution in [-0.4, -0.2) is 39.8 Å². The number of hydrogen-bond acceptors (Lipinski definition) is 3. The number of ether oxygens (including phenoxy) is 1. The fraction of sp³-hybridized carbons (Fsp3) is 0.818. The zero-order valence-corrected chi connectivity index (χ0v) is 9.77. The predicted octanol–water partition coefficient (Wildman–Crippen LogP) is 1.47. The first kappa shape index (κ1) is 11.2. The Hall–Kier alpha value is -1.26. The van der Waals surface area contributed by atoms with Crippen LogP contribution in [-0.2, 0) is 9.53 Å². The van der Waals surface area contributed by atoms with Crippen molar-refractivity contribution in [2.75, 3.05) is 0 Å². The maximum atomic E-state index is 11.9. The molecule has 1 N–H and O–H groups in total. The summed E-state index contributed by atoms with van der Waals surface area (Å²) in [6, 6.07) is -0.602. The molecular weight excluding hydrogens is 210 g/mol. The molecule has 16 heavy (non-hydrogen) atoms. The Labute approximate surface area is 94.4 Å². The molecule has 5 heteroatoms. The Morgan fingerprint density at radius 1 is 1.31 bits per heavy atom. The number of carboxylic acids is 1. The van der Waals surface area contributed by atoms with Crippen LogP contribution in [0.25, 0.3) is 0 Å². The Balaban J connectivity index is 2.07. The summed E-state index contributed by atoms with van der Waals surface area (Å²) in [5.74, 6) is -0.563. The highest BCUT2D eigenvalue weighted by molar-refractivity contribution is 5.82. The van der Waals surface area contributed by atoms with Crippen molar-refractivity contribution in [1.29, 1.82) is 0 Å². The van der Waals surface area contributed by atoms with Crippen LogP contribution >= 0.6 is 0 Å². The molecule has 1 amide bonds. The highest BCUT2D eigenvalue weighted by Crippen LogP contribution is 2.48. The molecule has 0 bridgehead atoms. The van der Waals surface area contributed by atoms with Crippen LogP contribution in [0, 0.1) is 5.92 Å². The van der Waals surface area contributed by atoms with Crippen LogP contribution < -0.4 is 0 Å². The summed E-state index contributed by atoms with van der Waals surface area (Å²) in [5.41, 5.74) is -0.576. The maximum Gasteiger partial charge on any atom is 0.411 e. The van der Waals surface area contributed by atoms with Crippen molar-refractivity contribution in [3.63, 3.8) is 0 Å². The van der Waals surface area contributed by atoms with E-state index in [0.717, 1.165) is 6.42 Å². The van der Waals surface area contributed by atoms with Gasteiger partial charge in [-0.3, -0.25) is 4.90 Å². The number of carboxylic acid groups (broad SMARTS) is 1. The third-order valence-electron chi connectivity index (χ3n) is 2.99. The average molecular weight is 227 g/mol. The number of carbonyl (C=O) groups is 2. The quantitative estimate of drug-likeness (QED) is 0.736. The van der Waals surface area contributed by atoms with E-state index in [4.69, 9.17) is 9.84 Å². The number of nitrogens with zero attached hydrogens (tertiary/aromatic N) is 1. The van der Waals surface area contributed by atoms with Gasteiger partial charge in [-0.2, -0.15) is 0 Å². The van der Waals surface area contributed by atoms with E-state index in [1.165, 1.54) is 4.90 Å². The highest BCUT2D eigenvalue weighted by atomic mass is 16.6. The number of aliphatic carboxylic acids is 1. The van der Waals surface area contributed by atoms with E-state index < -0.39 is 23.7 Å². The van der Waals surface area contributed by atoms with E-state index in [9.17, 15) is 9.59 Å². The molecule has 2 aliphatic rings. The molecule has 90 valence electrons. The summed E-state index contributed by atoms with van der Waals surface area (Å²) in [5, 5.41) is 9.02. The van der Waals surface area contributed by atoms with Gasteiger partial charge in [-0.05, 0) is 39.5 Å². The lowest BCUT2D eigenvalue weighted by Crippen LogP contribution is -2.45. The first-order valence-electron chi connectivity index (χ1n) is 5.54. The third-order valence-corrected chi connectivity index (χ3v) is 2.99. The first-order chi connectivity index (χ1) is 7.29. The second kappa shape index (κ2) is 3.37.